The Balaban J connectivity index is 2.36. The van der Waals surface area contributed by atoms with Crippen molar-refractivity contribution < 1.29 is 9.94 Å². The lowest BCUT2D eigenvalue weighted by atomic mass is 10.1. The van der Waals surface area contributed by atoms with E-state index in [1.807, 2.05) is 18.2 Å². The Morgan fingerprint density at radius 3 is 3.11 bits per heavy atom. The fourth-order valence-electron chi connectivity index (χ4n) is 2.26. The molecule has 1 fully saturated rings. The van der Waals surface area contributed by atoms with Crippen LogP contribution in [0.25, 0.3) is 0 Å². The molecule has 1 aromatic carbocycles. The summed E-state index contributed by atoms with van der Waals surface area (Å²) in [6, 6.07) is 5.81. The molecule has 5 nitrogen and oxygen atoms in total. The van der Waals surface area contributed by atoms with Gasteiger partial charge < -0.3 is 20.6 Å². The Labute approximate surface area is 121 Å². The number of nitrogens with zero attached hydrogens (tertiary/aromatic N) is 2. The molecule has 3 N–H and O–H groups in total. The van der Waals surface area contributed by atoms with Crippen LogP contribution in [0.5, 0.6) is 0 Å². The molecule has 0 bridgehead atoms. The van der Waals surface area contributed by atoms with E-state index in [-0.39, 0.29) is 11.9 Å². The average Bonchev–Trinajstić information content (AvgIpc) is 2.46. The number of ether oxygens (including phenoxy) is 1. The largest absolute Gasteiger partial charge is 0.409 e. The zero-order chi connectivity index (χ0) is 13.8. The van der Waals surface area contributed by atoms with Crippen molar-refractivity contribution in [3.8, 4) is 0 Å². The molecule has 6 heteroatoms. The summed E-state index contributed by atoms with van der Waals surface area (Å²) in [7, 11) is 0. The molecule has 0 spiro atoms. The van der Waals surface area contributed by atoms with Crippen molar-refractivity contribution in [2.45, 2.75) is 19.4 Å². The van der Waals surface area contributed by atoms with E-state index in [1.165, 1.54) is 0 Å². The molecule has 1 saturated heterocycles. The molecule has 1 atom stereocenters. The van der Waals surface area contributed by atoms with Crippen molar-refractivity contribution in [3.05, 3.63) is 28.2 Å². The summed E-state index contributed by atoms with van der Waals surface area (Å²) in [6.45, 7) is 4.43. The second kappa shape index (κ2) is 6.25. The van der Waals surface area contributed by atoms with Crippen molar-refractivity contribution in [2.75, 3.05) is 24.6 Å². The van der Waals surface area contributed by atoms with Crippen LogP contribution in [0.15, 0.2) is 27.8 Å². The van der Waals surface area contributed by atoms with E-state index in [2.05, 4.69) is 32.9 Å². The summed E-state index contributed by atoms with van der Waals surface area (Å²) in [5.41, 5.74) is 7.47. The number of rotatable bonds is 3. The maximum atomic E-state index is 8.93. The molecule has 1 unspecified atom stereocenters. The molecular weight excluding hydrogens is 310 g/mol. The van der Waals surface area contributed by atoms with Crippen molar-refractivity contribution in [1.82, 2.24) is 0 Å². The first-order valence-electron chi connectivity index (χ1n) is 6.30. The van der Waals surface area contributed by atoms with Gasteiger partial charge in [-0.15, -0.1) is 0 Å². The lowest BCUT2D eigenvalue weighted by molar-refractivity contribution is 0.0384. The van der Waals surface area contributed by atoms with Crippen LogP contribution in [0.3, 0.4) is 0 Å². The lowest BCUT2D eigenvalue weighted by Crippen LogP contribution is -2.43. The highest BCUT2D eigenvalue weighted by molar-refractivity contribution is 9.10. The van der Waals surface area contributed by atoms with Crippen LogP contribution in [0, 0.1) is 0 Å². The van der Waals surface area contributed by atoms with Crippen molar-refractivity contribution in [2.24, 2.45) is 10.9 Å². The number of hydrogen-bond acceptors (Lipinski definition) is 4. The second-order valence-electron chi connectivity index (χ2n) is 4.47. The summed E-state index contributed by atoms with van der Waals surface area (Å²) in [4.78, 5) is 2.22. The predicted octanol–water partition coefficient (Wildman–Crippen LogP) is 2.16. The first-order chi connectivity index (χ1) is 9.17. The van der Waals surface area contributed by atoms with Gasteiger partial charge in [0.1, 0.15) is 0 Å². The summed E-state index contributed by atoms with van der Waals surface area (Å²) >= 11 is 3.46. The number of morpholine rings is 1. The van der Waals surface area contributed by atoms with E-state index in [1.54, 1.807) is 0 Å². The van der Waals surface area contributed by atoms with Gasteiger partial charge in [0.15, 0.2) is 5.84 Å². The van der Waals surface area contributed by atoms with E-state index < -0.39 is 0 Å². The third-order valence-corrected chi connectivity index (χ3v) is 3.95. The topological polar surface area (TPSA) is 71.1 Å². The number of benzene rings is 1. The van der Waals surface area contributed by atoms with Gasteiger partial charge in [-0.05, 0) is 34.5 Å². The molecule has 1 aliphatic rings. The molecule has 1 aliphatic heterocycles. The van der Waals surface area contributed by atoms with Crippen molar-refractivity contribution in [1.29, 1.82) is 0 Å². The van der Waals surface area contributed by atoms with Gasteiger partial charge in [0.25, 0.3) is 0 Å². The van der Waals surface area contributed by atoms with Crippen LogP contribution >= 0.6 is 15.9 Å². The quantitative estimate of drug-likeness (QED) is 0.386. The van der Waals surface area contributed by atoms with Crippen LogP contribution < -0.4 is 10.6 Å². The maximum Gasteiger partial charge on any atom is 0.173 e. The van der Waals surface area contributed by atoms with Gasteiger partial charge in [0.05, 0.1) is 18.3 Å². The Morgan fingerprint density at radius 1 is 1.63 bits per heavy atom. The Hall–Kier alpha value is -1.27. The van der Waals surface area contributed by atoms with Gasteiger partial charge in [-0.25, -0.2) is 0 Å². The zero-order valence-electron chi connectivity index (χ0n) is 10.8. The van der Waals surface area contributed by atoms with Gasteiger partial charge in [-0.1, -0.05) is 18.1 Å². The third kappa shape index (κ3) is 3.01. The molecule has 1 aromatic rings. The molecule has 0 aliphatic carbocycles. The second-order valence-corrected chi connectivity index (χ2v) is 5.32. The number of hydrogen-bond donors (Lipinski definition) is 2. The Morgan fingerprint density at radius 2 is 2.42 bits per heavy atom. The summed E-state index contributed by atoms with van der Waals surface area (Å²) in [6.07, 6.45) is 1.21. The van der Waals surface area contributed by atoms with Crippen molar-refractivity contribution in [3.63, 3.8) is 0 Å². The first kappa shape index (κ1) is 14.1. The van der Waals surface area contributed by atoms with Crippen LogP contribution in [0.1, 0.15) is 18.9 Å². The minimum absolute atomic E-state index is 0.113. The molecule has 1 heterocycles. The average molecular weight is 328 g/mol. The standard InChI is InChI=1S/C13H18BrN3O2/c1-2-9-8-17(6-7-19-9)11-5-3-4-10(14)12(11)13(15)16-18/h3-5,9,18H,2,6-8H2,1H3,(H2,15,16). The van der Waals surface area contributed by atoms with Gasteiger partial charge in [-0.2, -0.15) is 0 Å². The number of nitrogens with two attached hydrogens (primary N) is 1. The van der Waals surface area contributed by atoms with Gasteiger partial charge in [0, 0.05) is 23.2 Å². The summed E-state index contributed by atoms with van der Waals surface area (Å²) in [5, 5.41) is 12.1. The molecule has 2 rings (SSSR count). The van der Waals surface area contributed by atoms with Crippen LogP contribution in [0.2, 0.25) is 0 Å². The zero-order valence-corrected chi connectivity index (χ0v) is 12.4. The Kier molecular flexibility index (Phi) is 4.66. The highest BCUT2D eigenvalue weighted by Crippen LogP contribution is 2.29. The number of halogens is 1. The number of oxime groups is 1. The van der Waals surface area contributed by atoms with E-state index in [9.17, 15) is 0 Å². The van der Waals surface area contributed by atoms with Crippen LogP contribution in [0.4, 0.5) is 5.69 Å². The first-order valence-corrected chi connectivity index (χ1v) is 7.09. The smallest absolute Gasteiger partial charge is 0.173 e. The van der Waals surface area contributed by atoms with Gasteiger partial charge >= 0.3 is 0 Å². The Bertz CT molecular complexity index is 479. The van der Waals surface area contributed by atoms with Crippen LogP contribution in [-0.2, 0) is 4.74 Å². The van der Waals surface area contributed by atoms with E-state index in [0.717, 1.165) is 35.2 Å². The fraction of sp³-hybridized carbons (Fsp3) is 0.462. The van der Waals surface area contributed by atoms with Gasteiger partial charge in [-0.3, -0.25) is 0 Å². The summed E-state index contributed by atoms with van der Waals surface area (Å²) < 4.78 is 6.49. The van der Waals surface area contributed by atoms with Crippen molar-refractivity contribution >= 4 is 27.5 Å². The molecule has 19 heavy (non-hydrogen) atoms. The minimum atomic E-state index is 0.113. The van der Waals surface area contributed by atoms with E-state index >= 15 is 0 Å². The molecule has 104 valence electrons. The maximum absolute atomic E-state index is 8.93. The predicted molar refractivity (Wildman–Crippen MR) is 78.9 cm³/mol. The van der Waals surface area contributed by atoms with Gasteiger partial charge in [0.2, 0.25) is 0 Å². The third-order valence-electron chi connectivity index (χ3n) is 3.29. The lowest BCUT2D eigenvalue weighted by Gasteiger charge is -2.35. The molecule has 0 radical (unpaired) electrons. The molecular formula is C13H18BrN3O2. The van der Waals surface area contributed by atoms with Crippen LogP contribution in [-0.4, -0.2) is 36.8 Å². The molecule has 0 amide bonds. The number of anilines is 1. The number of amidine groups is 1. The highest BCUT2D eigenvalue weighted by Gasteiger charge is 2.23. The fourth-order valence-corrected chi connectivity index (χ4v) is 2.82. The molecule has 0 saturated carbocycles. The molecule has 0 aromatic heterocycles. The minimum Gasteiger partial charge on any atom is -0.409 e. The highest BCUT2D eigenvalue weighted by atomic mass is 79.9. The van der Waals surface area contributed by atoms with E-state index in [4.69, 9.17) is 15.7 Å². The monoisotopic (exact) mass is 327 g/mol. The van der Waals surface area contributed by atoms with E-state index in [0.29, 0.717) is 6.61 Å². The SMILES string of the molecule is CCC1CN(c2cccc(Br)c2/C(N)=N/O)CCO1. The summed E-state index contributed by atoms with van der Waals surface area (Å²) in [5.74, 6) is 0.113. The normalized spacial score (nSPS) is 20.6.